The average molecular weight is 228 g/mol. The molecule has 0 amide bonds. The van der Waals surface area contributed by atoms with Gasteiger partial charge in [0, 0.05) is 31.7 Å². The molecule has 0 saturated carbocycles. The van der Waals surface area contributed by atoms with Crippen LogP contribution in [-0.2, 0) is 0 Å². The number of likely N-dealkylation sites (N-methyl/N-ethyl adjacent to an activating group) is 2. The quantitative estimate of drug-likeness (QED) is 0.531. The highest BCUT2D eigenvalue weighted by atomic mass is 15.3. The fourth-order valence-corrected chi connectivity index (χ4v) is 2.72. The molecular weight excluding hydrogens is 200 g/mol. The second-order valence-corrected chi connectivity index (χ2v) is 5.27. The zero-order valence-corrected chi connectivity index (χ0v) is 11.2. The number of piperazine rings is 1. The van der Waals surface area contributed by atoms with Crippen molar-refractivity contribution >= 4 is 0 Å². The number of hydrogen-bond donors (Lipinski definition) is 2. The largest absolute Gasteiger partial charge is 0.303 e. The van der Waals surface area contributed by atoms with E-state index in [0.29, 0.717) is 18.0 Å². The summed E-state index contributed by atoms with van der Waals surface area (Å²) in [5.74, 6) is 6.38. The van der Waals surface area contributed by atoms with Gasteiger partial charge in [0.1, 0.15) is 0 Å². The predicted octanol–water partition coefficient (Wildman–Crippen LogP) is 0.500. The highest BCUT2D eigenvalue weighted by Gasteiger charge is 2.31. The first-order valence-corrected chi connectivity index (χ1v) is 6.45. The molecule has 0 aliphatic carbocycles. The molecule has 3 N–H and O–H groups in total. The van der Waals surface area contributed by atoms with Crippen molar-refractivity contribution in [3.05, 3.63) is 0 Å². The van der Waals surface area contributed by atoms with Crippen LogP contribution in [0.3, 0.4) is 0 Å². The van der Waals surface area contributed by atoms with Crippen LogP contribution in [-0.4, -0.2) is 55.6 Å². The first-order chi connectivity index (χ1) is 7.60. The van der Waals surface area contributed by atoms with Crippen LogP contribution in [0.1, 0.15) is 26.7 Å². The molecular formula is C12H28N4. The Morgan fingerprint density at radius 1 is 1.38 bits per heavy atom. The molecule has 96 valence electrons. The summed E-state index contributed by atoms with van der Waals surface area (Å²) in [6, 6.07) is 0.929. The van der Waals surface area contributed by atoms with Crippen LogP contribution in [0.15, 0.2) is 0 Å². The molecule has 3 unspecified atom stereocenters. The molecule has 3 atom stereocenters. The van der Waals surface area contributed by atoms with Crippen molar-refractivity contribution in [3.8, 4) is 0 Å². The van der Waals surface area contributed by atoms with Gasteiger partial charge in [0.05, 0.1) is 0 Å². The minimum absolute atomic E-state index is 0.396. The van der Waals surface area contributed by atoms with Gasteiger partial charge in [0.15, 0.2) is 0 Å². The predicted molar refractivity (Wildman–Crippen MR) is 69.1 cm³/mol. The summed E-state index contributed by atoms with van der Waals surface area (Å²) >= 11 is 0. The van der Waals surface area contributed by atoms with Crippen LogP contribution >= 0.6 is 0 Å². The number of nitrogens with zero attached hydrogens (tertiary/aromatic N) is 2. The van der Waals surface area contributed by atoms with Crippen molar-refractivity contribution < 1.29 is 0 Å². The molecule has 0 radical (unpaired) electrons. The molecule has 4 heteroatoms. The summed E-state index contributed by atoms with van der Waals surface area (Å²) in [6.07, 6.45) is 2.47. The lowest BCUT2D eigenvalue weighted by atomic mass is 9.89. The summed E-state index contributed by atoms with van der Waals surface area (Å²) in [6.45, 7) is 7.95. The Bertz CT molecular complexity index is 197. The van der Waals surface area contributed by atoms with Crippen molar-refractivity contribution in [2.45, 2.75) is 38.8 Å². The highest BCUT2D eigenvalue weighted by Crippen LogP contribution is 2.19. The maximum absolute atomic E-state index is 5.75. The van der Waals surface area contributed by atoms with E-state index in [1.165, 1.54) is 12.8 Å². The SMILES string of the molecule is CCCC(C)C(NN)C1CN(C)CCN1C. The zero-order chi connectivity index (χ0) is 12.1. The summed E-state index contributed by atoms with van der Waals surface area (Å²) in [4.78, 5) is 4.84. The third-order valence-corrected chi connectivity index (χ3v) is 3.86. The number of hydrogen-bond acceptors (Lipinski definition) is 4. The molecule has 1 aliphatic heterocycles. The third-order valence-electron chi connectivity index (χ3n) is 3.86. The number of nitrogens with two attached hydrogens (primary N) is 1. The van der Waals surface area contributed by atoms with Crippen LogP contribution < -0.4 is 11.3 Å². The van der Waals surface area contributed by atoms with Crippen LogP contribution in [0.4, 0.5) is 0 Å². The van der Waals surface area contributed by atoms with Crippen LogP contribution in [0.2, 0.25) is 0 Å². The first kappa shape index (κ1) is 13.9. The van der Waals surface area contributed by atoms with Gasteiger partial charge < -0.3 is 4.90 Å². The van der Waals surface area contributed by atoms with Crippen molar-refractivity contribution in [2.75, 3.05) is 33.7 Å². The lowest BCUT2D eigenvalue weighted by molar-refractivity contribution is 0.0707. The monoisotopic (exact) mass is 228 g/mol. The minimum Gasteiger partial charge on any atom is -0.303 e. The molecule has 1 rings (SSSR count). The van der Waals surface area contributed by atoms with Gasteiger partial charge >= 0.3 is 0 Å². The fraction of sp³-hybridized carbons (Fsp3) is 1.00. The van der Waals surface area contributed by atoms with Crippen LogP contribution in [0.5, 0.6) is 0 Å². The molecule has 0 spiro atoms. The normalized spacial score (nSPS) is 27.9. The van der Waals surface area contributed by atoms with E-state index in [2.05, 4.69) is 43.2 Å². The smallest absolute Gasteiger partial charge is 0.0404 e. The van der Waals surface area contributed by atoms with Gasteiger partial charge in [-0.2, -0.15) is 0 Å². The van der Waals surface area contributed by atoms with E-state index in [1.54, 1.807) is 0 Å². The van der Waals surface area contributed by atoms with Gasteiger partial charge in [-0.05, 0) is 26.4 Å². The Balaban J connectivity index is 2.62. The van der Waals surface area contributed by atoms with E-state index in [1.807, 2.05) is 0 Å². The van der Waals surface area contributed by atoms with E-state index >= 15 is 0 Å². The Labute approximate surface area is 100 Å². The molecule has 4 nitrogen and oxygen atoms in total. The van der Waals surface area contributed by atoms with Gasteiger partial charge in [-0.1, -0.05) is 20.3 Å². The summed E-state index contributed by atoms with van der Waals surface area (Å²) < 4.78 is 0. The van der Waals surface area contributed by atoms with Crippen LogP contribution in [0.25, 0.3) is 0 Å². The van der Waals surface area contributed by atoms with Crippen molar-refractivity contribution in [1.82, 2.24) is 15.2 Å². The minimum atomic E-state index is 0.396. The fourth-order valence-electron chi connectivity index (χ4n) is 2.72. The van der Waals surface area contributed by atoms with Gasteiger partial charge in [0.2, 0.25) is 0 Å². The maximum Gasteiger partial charge on any atom is 0.0404 e. The standard InChI is InChI=1S/C12H28N4/c1-5-6-10(2)12(14-13)11-9-15(3)7-8-16(11)4/h10-12,14H,5-9,13H2,1-4H3. The zero-order valence-electron chi connectivity index (χ0n) is 11.2. The number of rotatable bonds is 5. The average Bonchev–Trinajstić information content (AvgIpc) is 2.24. The van der Waals surface area contributed by atoms with Crippen molar-refractivity contribution in [2.24, 2.45) is 11.8 Å². The lowest BCUT2D eigenvalue weighted by Crippen LogP contribution is -2.61. The number of hydrazine groups is 1. The molecule has 0 aromatic rings. The maximum atomic E-state index is 5.75. The molecule has 0 aromatic carbocycles. The van der Waals surface area contributed by atoms with E-state index in [0.717, 1.165) is 19.6 Å². The van der Waals surface area contributed by atoms with Gasteiger partial charge in [-0.25, -0.2) is 0 Å². The second-order valence-electron chi connectivity index (χ2n) is 5.27. The topological polar surface area (TPSA) is 44.5 Å². The highest BCUT2D eigenvalue weighted by molar-refractivity contribution is 4.90. The van der Waals surface area contributed by atoms with E-state index in [9.17, 15) is 0 Å². The molecule has 0 aromatic heterocycles. The van der Waals surface area contributed by atoms with Gasteiger partial charge in [-0.3, -0.25) is 16.2 Å². The molecule has 1 saturated heterocycles. The van der Waals surface area contributed by atoms with Crippen LogP contribution in [0, 0.1) is 5.92 Å². The third kappa shape index (κ3) is 3.42. The summed E-state index contributed by atoms with van der Waals surface area (Å²) in [5.41, 5.74) is 3.04. The Hall–Kier alpha value is -0.160. The van der Waals surface area contributed by atoms with E-state index in [4.69, 9.17) is 5.84 Å². The molecule has 1 aliphatic rings. The molecule has 0 bridgehead atoms. The summed E-state index contributed by atoms with van der Waals surface area (Å²) in [5, 5.41) is 0. The Kier molecular flexibility index (Phi) is 5.69. The Morgan fingerprint density at radius 3 is 2.62 bits per heavy atom. The van der Waals surface area contributed by atoms with E-state index < -0.39 is 0 Å². The summed E-state index contributed by atoms with van der Waals surface area (Å²) in [7, 11) is 4.40. The number of nitrogens with one attached hydrogen (secondary N) is 1. The molecule has 1 fully saturated rings. The first-order valence-electron chi connectivity index (χ1n) is 6.45. The van der Waals surface area contributed by atoms with Gasteiger partial charge in [-0.15, -0.1) is 0 Å². The van der Waals surface area contributed by atoms with Crippen molar-refractivity contribution in [3.63, 3.8) is 0 Å². The molecule has 1 heterocycles. The van der Waals surface area contributed by atoms with Gasteiger partial charge in [0.25, 0.3) is 0 Å². The Morgan fingerprint density at radius 2 is 2.06 bits per heavy atom. The van der Waals surface area contributed by atoms with E-state index in [-0.39, 0.29) is 0 Å². The second kappa shape index (κ2) is 6.55. The molecule has 16 heavy (non-hydrogen) atoms. The van der Waals surface area contributed by atoms with Crippen molar-refractivity contribution in [1.29, 1.82) is 0 Å². The lowest BCUT2D eigenvalue weighted by Gasteiger charge is -2.43.